The summed E-state index contributed by atoms with van der Waals surface area (Å²) >= 11 is 0. The second-order valence-electron chi connectivity index (χ2n) is 9.21. The predicted molar refractivity (Wildman–Crippen MR) is 134 cm³/mol. The van der Waals surface area contributed by atoms with Crippen LogP contribution in [0.2, 0.25) is 0 Å². The molecule has 0 aliphatic carbocycles. The molecule has 2 aliphatic rings. The smallest absolute Gasteiger partial charge is 0.242 e. The van der Waals surface area contributed by atoms with Crippen molar-refractivity contribution in [3.8, 4) is 17.2 Å². The van der Waals surface area contributed by atoms with E-state index in [9.17, 15) is 9.90 Å². The summed E-state index contributed by atoms with van der Waals surface area (Å²) in [4.78, 5) is 15.5. The number of rotatable bonds is 10. The summed E-state index contributed by atoms with van der Waals surface area (Å²) in [6.07, 6.45) is 3.63. The normalized spacial score (nSPS) is 23.2. The topological polar surface area (TPSA) is 96.2 Å². The molecule has 8 nitrogen and oxygen atoms in total. The van der Waals surface area contributed by atoms with E-state index in [0.29, 0.717) is 37.0 Å². The molecule has 5 rings (SSSR count). The van der Waals surface area contributed by atoms with Gasteiger partial charge in [0.05, 0.1) is 38.1 Å². The van der Waals surface area contributed by atoms with Gasteiger partial charge in [0.15, 0.2) is 11.5 Å². The number of hydrogen-bond donors (Lipinski definition) is 3. The largest absolute Gasteiger partial charge is 0.508 e. The van der Waals surface area contributed by atoms with Crippen LogP contribution in [-0.4, -0.2) is 35.2 Å². The third kappa shape index (κ3) is 4.54. The summed E-state index contributed by atoms with van der Waals surface area (Å²) in [6, 6.07) is 15.9. The maximum absolute atomic E-state index is 13.7. The molecule has 0 radical (unpaired) electrons. The van der Waals surface area contributed by atoms with Gasteiger partial charge in [-0.25, -0.2) is 10.9 Å². The van der Waals surface area contributed by atoms with Gasteiger partial charge in [0.1, 0.15) is 17.6 Å². The van der Waals surface area contributed by atoms with Gasteiger partial charge in [-0.15, -0.1) is 0 Å². The molecule has 0 bridgehead atoms. The van der Waals surface area contributed by atoms with Gasteiger partial charge in [0, 0.05) is 11.5 Å². The minimum atomic E-state index is -0.453. The Morgan fingerprint density at radius 3 is 2.58 bits per heavy atom. The molecular formula is C28H33N3O5. The zero-order chi connectivity index (χ0) is 25.1. The number of amides is 1. The van der Waals surface area contributed by atoms with Crippen LogP contribution in [0.4, 0.5) is 0 Å². The fraction of sp³-hybridized carbons (Fsp3) is 0.393. The Morgan fingerprint density at radius 2 is 1.83 bits per heavy atom. The second kappa shape index (κ2) is 10.6. The molecule has 3 heterocycles. The average Bonchev–Trinajstić information content (AvgIpc) is 3.60. The van der Waals surface area contributed by atoms with Gasteiger partial charge >= 0.3 is 0 Å². The number of unbranched alkanes of at least 4 members (excludes halogenated alkanes) is 1. The number of benzene rings is 2. The van der Waals surface area contributed by atoms with Crippen LogP contribution >= 0.6 is 0 Å². The molecule has 8 heteroatoms. The summed E-state index contributed by atoms with van der Waals surface area (Å²) in [5, 5.41) is 10.6. The van der Waals surface area contributed by atoms with Crippen molar-refractivity contribution in [2.75, 3.05) is 13.2 Å². The lowest BCUT2D eigenvalue weighted by Gasteiger charge is -2.31. The Labute approximate surface area is 211 Å². The molecule has 3 aromatic rings. The van der Waals surface area contributed by atoms with E-state index >= 15 is 0 Å². The van der Waals surface area contributed by atoms with E-state index in [4.69, 9.17) is 13.9 Å². The van der Waals surface area contributed by atoms with Crippen LogP contribution in [0.15, 0.2) is 65.3 Å². The minimum absolute atomic E-state index is 0.0203. The van der Waals surface area contributed by atoms with Crippen molar-refractivity contribution in [2.24, 2.45) is 5.92 Å². The third-order valence-electron chi connectivity index (χ3n) is 6.96. The summed E-state index contributed by atoms with van der Waals surface area (Å²) in [6.45, 7) is 5.54. The SMILES string of the molecule is CCCCOc1ccc(C2C3C(NNC3c3ccccc3O)C(=O)N2Cc2ccco2)cc1OCC. The van der Waals surface area contributed by atoms with E-state index in [0.717, 1.165) is 24.0 Å². The average molecular weight is 492 g/mol. The molecule has 3 N–H and O–H groups in total. The number of hydrogen-bond acceptors (Lipinski definition) is 7. The minimum Gasteiger partial charge on any atom is -0.508 e. The number of para-hydroxylation sites is 1. The highest BCUT2D eigenvalue weighted by Gasteiger charge is 2.56. The first kappa shape index (κ1) is 24.2. The zero-order valence-corrected chi connectivity index (χ0v) is 20.6. The van der Waals surface area contributed by atoms with E-state index in [2.05, 4.69) is 17.8 Å². The Bertz CT molecular complexity index is 1180. The Balaban J connectivity index is 1.55. The Kier molecular flexibility index (Phi) is 7.16. The molecule has 4 atom stereocenters. The molecule has 1 aromatic heterocycles. The first-order valence-corrected chi connectivity index (χ1v) is 12.6. The molecule has 2 aromatic carbocycles. The highest BCUT2D eigenvalue weighted by atomic mass is 16.5. The number of nitrogens with one attached hydrogen (secondary N) is 2. The van der Waals surface area contributed by atoms with Crippen LogP contribution in [0.3, 0.4) is 0 Å². The quantitative estimate of drug-likeness (QED) is 0.360. The highest BCUT2D eigenvalue weighted by Crippen LogP contribution is 2.50. The van der Waals surface area contributed by atoms with Gasteiger partial charge in [0.25, 0.3) is 0 Å². The number of furan rings is 1. The number of fused-ring (bicyclic) bond motifs is 1. The number of aromatic hydroxyl groups is 1. The van der Waals surface area contributed by atoms with Crippen molar-refractivity contribution in [3.63, 3.8) is 0 Å². The number of ether oxygens (including phenoxy) is 2. The lowest BCUT2D eigenvalue weighted by Crippen LogP contribution is -2.41. The van der Waals surface area contributed by atoms with Crippen LogP contribution in [0, 0.1) is 5.92 Å². The van der Waals surface area contributed by atoms with E-state index in [1.165, 1.54) is 0 Å². The van der Waals surface area contributed by atoms with Crippen LogP contribution in [0.1, 0.15) is 55.7 Å². The fourth-order valence-electron chi connectivity index (χ4n) is 5.29. The molecule has 2 fully saturated rings. The first-order chi connectivity index (χ1) is 17.6. The summed E-state index contributed by atoms with van der Waals surface area (Å²) in [7, 11) is 0. The third-order valence-corrected chi connectivity index (χ3v) is 6.96. The number of likely N-dealkylation sites (tertiary alicyclic amines) is 1. The van der Waals surface area contributed by atoms with Crippen LogP contribution in [0.25, 0.3) is 0 Å². The van der Waals surface area contributed by atoms with Gasteiger partial charge in [0.2, 0.25) is 5.91 Å². The molecular weight excluding hydrogens is 458 g/mol. The van der Waals surface area contributed by atoms with E-state index in [-0.39, 0.29) is 29.7 Å². The lowest BCUT2D eigenvalue weighted by atomic mass is 9.83. The maximum atomic E-state index is 13.7. The molecule has 2 aliphatic heterocycles. The maximum Gasteiger partial charge on any atom is 0.242 e. The second-order valence-corrected chi connectivity index (χ2v) is 9.21. The van der Waals surface area contributed by atoms with Gasteiger partial charge < -0.3 is 23.9 Å². The van der Waals surface area contributed by atoms with E-state index in [1.54, 1.807) is 18.4 Å². The number of carbonyl (C=O) groups excluding carboxylic acids is 1. The number of nitrogens with zero attached hydrogens (tertiary/aromatic N) is 1. The molecule has 1 amide bonds. The highest BCUT2D eigenvalue weighted by molar-refractivity contribution is 5.86. The van der Waals surface area contributed by atoms with Crippen molar-refractivity contribution in [3.05, 3.63) is 77.7 Å². The van der Waals surface area contributed by atoms with Crippen LogP contribution < -0.4 is 20.3 Å². The molecule has 2 saturated heterocycles. The molecule has 0 spiro atoms. The summed E-state index contributed by atoms with van der Waals surface area (Å²) in [5.41, 5.74) is 8.17. The Hall–Kier alpha value is -3.49. The number of carbonyl (C=O) groups is 1. The Morgan fingerprint density at radius 1 is 1.00 bits per heavy atom. The van der Waals surface area contributed by atoms with Gasteiger partial charge in [-0.2, -0.15) is 0 Å². The van der Waals surface area contributed by atoms with Crippen molar-refractivity contribution >= 4 is 5.91 Å². The predicted octanol–water partition coefficient (Wildman–Crippen LogP) is 4.48. The first-order valence-electron chi connectivity index (χ1n) is 12.6. The number of phenols is 1. The number of phenolic OH excluding ortho intramolecular Hbond substituents is 1. The van der Waals surface area contributed by atoms with Crippen molar-refractivity contribution < 1.29 is 23.8 Å². The monoisotopic (exact) mass is 491 g/mol. The van der Waals surface area contributed by atoms with E-state index < -0.39 is 6.04 Å². The van der Waals surface area contributed by atoms with Crippen molar-refractivity contribution in [1.82, 2.24) is 15.8 Å². The molecule has 0 saturated carbocycles. The molecule has 4 unspecified atom stereocenters. The summed E-state index contributed by atoms with van der Waals surface area (Å²) < 4.78 is 17.6. The van der Waals surface area contributed by atoms with Gasteiger partial charge in [-0.1, -0.05) is 37.6 Å². The molecule has 190 valence electrons. The van der Waals surface area contributed by atoms with Crippen molar-refractivity contribution in [1.29, 1.82) is 0 Å². The van der Waals surface area contributed by atoms with Crippen LogP contribution in [0.5, 0.6) is 17.2 Å². The van der Waals surface area contributed by atoms with Crippen molar-refractivity contribution in [2.45, 2.75) is 51.4 Å². The molecule has 36 heavy (non-hydrogen) atoms. The standard InChI is InChI=1S/C28H33N3O5/c1-3-5-14-36-22-13-12-18(16-23(22)34-4-2)27-24-25(20-10-6-7-11-21(20)32)29-30-26(24)28(33)31(27)17-19-9-8-15-35-19/h6-13,15-16,24-27,29-30,32H,3-5,14,17H2,1-2H3. The fourth-order valence-corrected chi connectivity index (χ4v) is 5.29. The zero-order valence-electron chi connectivity index (χ0n) is 20.6. The van der Waals surface area contributed by atoms with Gasteiger partial charge in [-0.05, 0) is 49.2 Å². The lowest BCUT2D eigenvalue weighted by molar-refractivity contribution is -0.131. The van der Waals surface area contributed by atoms with Gasteiger partial charge in [-0.3, -0.25) is 4.79 Å². The van der Waals surface area contributed by atoms with E-state index in [1.807, 2.05) is 54.3 Å². The van der Waals surface area contributed by atoms with Crippen LogP contribution in [-0.2, 0) is 11.3 Å². The summed E-state index contributed by atoms with van der Waals surface area (Å²) in [5.74, 6) is 2.08. The number of hydrazine groups is 1.